The molecule has 0 unspecified atom stereocenters. The van der Waals surface area contributed by atoms with E-state index in [1.807, 2.05) is 11.3 Å². The van der Waals surface area contributed by atoms with Crippen LogP contribution in [0.25, 0.3) is 0 Å². The summed E-state index contributed by atoms with van der Waals surface area (Å²) in [7, 11) is 0. The summed E-state index contributed by atoms with van der Waals surface area (Å²) in [6, 6.07) is 4.80. The van der Waals surface area contributed by atoms with Crippen LogP contribution in [0.4, 0.5) is 0 Å². The van der Waals surface area contributed by atoms with E-state index in [0.717, 1.165) is 19.6 Å². The monoisotopic (exact) mass is 306 g/mol. The fourth-order valence-electron chi connectivity index (χ4n) is 3.96. The minimum atomic E-state index is 0.330. The zero-order valence-electron chi connectivity index (χ0n) is 13.1. The number of amides is 1. The first kappa shape index (κ1) is 15.0. The van der Waals surface area contributed by atoms with Gasteiger partial charge in [0.15, 0.2) is 0 Å². The Bertz CT molecular complexity index is 463. The highest BCUT2D eigenvalue weighted by Gasteiger charge is 2.31. The molecule has 0 saturated carbocycles. The van der Waals surface area contributed by atoms with Gasteiger partial charge in [0.25, 0.3) is 0 Å². The van der Waals surface area contributed by atoms with Gasteiger partial charge in [0.2, 0.25) is 5.91 Å². The van der Waals surface area contributed by atoms with E-state index < -0.39 is 0 Å². The third kappa shape index (κ3) is 3.49. The standard InChI is InChI=1S/C17H26N2OS/c1-13-9-14(2)11-19(10-13)17(20)12-18-7-3-5-15(18)16-6-4-8-21-16/h4,6,8,13-15H,3,5,7,9-12H2,1-2H3/t13-,14-,15+/m1/s1. The van der Waals surface area contributed by atoms with Gasteiger partial charge in [0.1, 0.15) is 0 Å². The van der Waals surface area contributed by atoms with Crippen LogP contribution in [0.15, 0.2) is 17.5 Å². The number of nitrogens with zero attached hydrogens (tertiary/aromatic N) is 2. The quantitative estimate of drug-likeness (QED) is 0.854. The first-order valence-corrected chi connectivity index (χ1v) is 9.06. The summed E-state index contributed by atoms with van der Waals surface area (Å²) in [5.41, 5.74) is 0. The zero-order valence-corrected chi connectivity index (χ0v) is 13.9. The molecular formula is C17H26N2OS. The van der Waals surface area contributed by atoms with E-state index in [0.29, 0.717) is 30.3 Å². The van der Waals surface area contributed by atoms with Crippen molar-refractivity contribution in [2.45, 2.75) is 39.2 Å². The highest BCUT2D eigenvalue weighted by atomic mass is 32.1. The van der Waals surface area contributed by atoms with Gasteiger partial charge < -0.3 is 4.90 Å². The summed E-state index contributed by atoms with van der Waals surface area (Å²) in [5, 5.41) is 2.14. The van der Waals surface area contributed by atoms with Gasteiger partial charge in [-0.2, -0.15) is 0 Å². The second kappa shape index (κ2) is 6.49. The van der Waals surface area contributed by atoms with Crippen LogP contribution in [0.3, 0.4) is 0 Å². The molecule has 2 saturated heterocycles. The van der Waals surface area contributed by atoms with Crippen LogP contribution in [-0.2, 0) is 4.79 Å². The molecule has 0 spiro atoms. The van der Waals surface area contributed by atoms with Crippen LogP contribution >= 0.6 is 11.3 Å². The highest BCUT2D eigenvalue weighted by molar-refractivity contribution is 7.10. The molecule has 3 rings (SSSR count). The molecule has 2 aliphatic rings. The maximum Gasteiger partial charge on any atom is 0.236 e. The molecule has 0 aliphatic carbocycles. The van der Waals surface area contributed by atoms with Crippen molar-refractivity contribution < 1.29 is 4.79 Å². The molecule has 3 heterocycles. The number of rotatable bonds is 3. The lowest BCUT2D eigenvalue weighted by atomic mass is 9.92. The van der Waals surface area contributed by atoms with Crippen molar-refractivity contribution >= 4 is 17.2 Å². The topological polar surface area (TPSA) is 23.6 Å². The van der Waals surface area contributed by atoms with Crippen molar-refractivity contribution in [1.82, 2.24) is 9.80 Å². The number of hydrogen-bond acceptors (Lipinski definition) is 3. The summed E-state index contributed by atoms with van der Waals surface area (Å²) in [6.07, 6.45) is 3.66. The molecule has 0 radical (unpaired) electrons. The van der Waals surface area contributed by atoms with Crippen molar-refractivity contribution in [3.8, 4) is 0 Å². The van der Waals surface area contributed by atoms with Crippen LogP contribution in [-0.4, -0.2) is 41.9 Å². The molecule has 4 heteroatoms. The number of likely N-dealkylation sites (tertiary alicyclic amines) is 2. The second-order valence-corrected chi connectivity index (χ2v) is 7.87. The molecule has 0 bridgehead atoms. The number of carbonyl (C=O) groups excluding carboxylic acids is 1. The molecule has 3 nitrogen and oxygen atoms in total. The minimum Gasteiger partial charge on any atom is -0.341 e. The Kier molecular flexibility index (Phi) is 4.65. The maximum absolute atomic E-state index is 12.6. The highest BCUT2D eigenvalue weighted by Crippen LogP contribution is 2.34. The molecule has 21 heavy (non-hydrogen) atoms. The summed E-state index contributed by atoms with van der Waals surface area (Å²) >= 11 is 1.82. The molecule has 3 atom stereocenters. The van der Waals surface area contributed by atoms with Crippen molar-refractivity contribution in [3.05, 3.63) is 22.4 Å². The van der Waals surface area contributed by atoms with Crippen molar-refractivity contribution in [1.29, 1.82) is 0 Å². The van der Waals surface area contributed by atoms with Crippen molar-refractivity contribution in [2.24, 2.45) is 11.8 Å². The third-order valence-corrected chi connectivity index (χ3v) is 5.77. The lowest BCUT2D eigenvalue weighted by molar-refractivity contribution is -0.135. The van der Waals surface area contributed by atoms with E-state index in [-0.39, 0.29) is 0 Å². The summed E-state index contributed by atoms with van der Waals surface area (Å²) < 4.78 is 0. The number of piperidine rings is 1. The Morgan fingerprint density at radius 2 is 2.10 bits per heavy atom. The van der Waals surface area contributed by atoms with Gasteiger partial charge in [-0.05, 0) is 49.1 Å². The maximum atomic E-state index is 12.6. The van der Waals surface area contributed by atoms with E-state index in [1.165, 1.54) is 24.1 Å². The van der Waals surface area contributed by atoms with E-state index in [9.17, 15) is 4.79 Å². The molecule has 1 aromatic heterocycles. The third-order valence-electron chi connectivity index (χ3n) is 4.80. The van der Waals surface area contributed by atoms with Gasteiger partial charge in [0.05, 0.1) is 6.54 Å². The summed E-state index contributed by atoms with van der Waals surface area (Å²) in [5.74, 6) is 1.62. The average molecular weight is 306 g/mol. The first-order valence-electron chi connectivity index (χ1n) is 8.18. The molecule has 2 fully saturated rings. The van der Waals surface area contributed by atoms with Crippen LogP contribution in [0.2, 0.25) is 0 Å². The zero-order chi connectivity index (χ0) is 14.8. The molecule has 2 aliphatic heterocycles. The Morgan fingerprint density at radius 3 is 2.76 bits per heavy atom. The minimum absolute atomic E-state index is 0.330. The Morgan fingerprint density at radius 1 is 1.33 bits per heavy atom. The van der Waals surface area contributed by atoms with Crippen LogP contribution in [0.1, 0.15) is 44.0 Å². The number of hydrogen-bond donors (Lipinski definition) is 0. The van der Waals surface area contributed by atoms with Gasteiger partial charge in [-0.1, -0.05) is 19.9 Å². The molecule has 116 valence electrons. The first-order chi connectivity index (χ1) is 10.1. The Balaban J connectivity index is 1.61. The SMILES string of the molecule is C[C@@H]1C[C@@H](C)CN(C(=O)CN2CCC[C@H]2c2cccs2)C1. The fourth-order valence-corrected chi connectivity index (χ4v) is 4.85. The van der Waals surface area contributed by atoms with Crippen LogP contribution in [0, 0.1) is 11.8 Å². The van der Waals surface area contributed by atoms with Crippen LogP contribution in [0.5, 0.6) is 0 Å². The molecule has 0 aromatic carbocycles. The van der Waals surface area contributed by atoms with Crippen molar-refractivity contribution in [2.75, 3.05) is 26.2 Å². The molecular weight excluding hydrogens is 280 g/mol. The fraction of sp³-hybridized carbons (Fsp3) is 0.706. The number of thiophene rings is 1. The van der Waals surface area contributed by atoms with E-state index in [1.54, 1.807) is 0 Å². The number of carbonyl (C=O) groups is 1. The van der Waals surface area contributed by atoms with Crippen LogP contribution < -0.4 is 0 Å². The average Bonchev–Trinajstić information content (AvgIpc) is 3.07. The van der Waals surface area contributed by atoms with E-state index in [4.69, 9.17) is 0 Å². The van der Waals surface area contributed by atoms with Gasteiger partial charge in [-0.3, -0.25) is 9.69 Å². The smallest absolute Gasteiger partial charge is 0.236 e. The lowest BCUT2D eigenvalue weighted by Gasteiger charge is -2.36. The molecule has 0 N–H and O–H groups in total. The predicted molar refractivity (Wildman–Crippen MR) is 87.4 cm³/mol. The van der Waals surface area contributed by atoms with E-state index in [2.05, 4.69) is 41.2 Å². The molecule has 1 aromatic rings. The van der Waals surface area contributed by atoms with Gasteiger partial charge >= 0.3 is 0 Å². The van der Waals surface area contributed by atoms with Gasteiger partial charge in [-0.15, -0.1) is 11.3 Å². The largest absolute Gasteiger partial charge is 0.341 e. The Hall–Kier alpha value is -0.870. The predicted octanol–water partition coefficient (Wildman–Crippen LogP) is 3.39. The second-order valence-electron chi connectivity index (χ2n) is 6.89. The lowest BCUT2D eigenvalue weighted by Crippen LogP contribution is -2.46. The molecule has 1 amide bonds. The Labute approximate surface area is 131 Å². The van der Waals surface area contributed by atoms with Gasteiger partial charge in [0, 0.05) is 24.0 Å². The summed E-state index contributed by atoms with van der Waals surface area (Å²) in [6.45, 7) is 8.08. The van der Waals surface area contributed by atoms with Gasteiger partial charge in [-0.25, -0.2) is 0 Å². The van der Waals surface area contributed by atoms with Crippen molar-refractivity contribution in [3.63, 3.8) is 0 Å². The normalized spacial score (nSPS) is 30.8. The summed E-state index contributed by atoms with van der Waals surface area (Å²) in [4.78, 5) is 18.6. The van der Waals surface area contributed by atoms with E-state index >= 15 is 0 Å².